The van der Waals surface area contributed by atoms with E-state index >= 15 is 0 Å². The minimum Gasteiger partial charge on any atom is -0.359 e. The summed E-state index contributed by atoms with van der Waals surface area (Å²) in [6, 6.07) is 7.43. The second-order valence-electron chi connectivity index (χ2n) is 4.60. The Balaban J connectivity index is 2.06. The van der Waals surface area contributed by atoms with Crippen LogP contribution in [0.3, 0.4) is 0 Å². The summed E-state index contributed by atoms with van der Waals surface area (Å²) in [5, 5.41) is 13.5. The summed E-state index contributed by atoms with van der Waals surface area (Å²) in [5.41, 5.74) is 0.946. The van der Waals surface area contributed by atoms with Gasteiger partial charge in [-0.3, -0.25) is 19.7 Å². The molecule has 0 aliphatic heterocycles. The average molecular weight is 334 g/mol. The monoisotopic (exact) mass is 334 g/mol. The van der Waals surface area contributed by atoms with Crippen LogP contribution in [0, 0.1) is 10.1 Å². The lowest BCUT2D eigenvalue weighted by molar-refractivity contribution is -0.384. The zero-order valence-electron chi connectivity index (χ0n) is 12.2. The van der Waals surface area contributed by atoms with E-state index in [9.17, 15) is 19.7 Å². The minimum atomic E-state index is -0.460. The summed E-state index contributed by atoms with van der Waals surface area (Å²) >= 11 is 1.28. The summed E-state index contributed by atoms with van der Waals surface area (Å²) < 4.78 is 0. The summed E-state index contributed by atoms with van der Waals surface area (Å²) in [4.78, 5) is 39.9. The molecule has 0 spiro atoms. The standard InChI is InChI=1S/C14H14N4O4S/c1-15-12(19)6-10-7-13(20)17-14(16-10)23-8-9-2-4-11(5-3-9)18(21)22/h2-5,7H,6,8H2,1H3,(H,15,19)(H,16,17,20). The van der Waals surface area contributed by atoms with Crippen LogP contribution in [-0.4, -0.2) is 27.8 Å². The van der Waals surface area contributed by atoms with Gasteiger partial charge >= 0.3 is 0 Å². The maximum atomic E-state index is 11.6. The molecule has 0 radical (unpaired) electrons. The predicted molar refractivity (Wildman–Crippen MR) is 85.3 cm³/mol. The molecular formula is C14H14N4O4S. The molecule has 2 aromatic rings. The Morgan fingerprint density at radius 1 is 1.39 bits per heavy atom. The average Bonchev–Trinajstić information content (AvgIpc) is 2.52. The van der Waals surface area contributed by atoms with Gasteiger partial charge in [-0.25, -0.2) is 4.98 Å². The zero-order chi connectivity index (χ0) is 16.8. The van der Waals surface area contributed by atoms with Crippen LogP contribution in [0.5, 0.6) is 0 Å². The van der Waals surface area contributed by atoms with Gasteiger partial charge in [0.2, 0.25) is 5.91 Å². The number of amides is 1. The lowest BCUT2D eigenvalue weighted by Gasteiger charge is -2.04. The van der Waals surface area contributed by atoms with Gasteiger partial charge in [0.15, 0.2) is 5.16 Å². The van der Waals surface area contributed by atoms with Gasteiger partial charge in [-0.1, -0.05) is 23.9 Å². The second kappa shape index (κ2) is 7.54. The molecule has 9 heteroatoms. The highest BCUT2D eigenvalue weighted by Gasteiger charge is 2.08. The van der Waals surface area contributed by atoms with Crippen LogP contribution in [0.25, 0.3) is 0 Å². The molecule has 1 aromatic heterocycles. The highest BCUT2D eigenvalue weighted by molar-refractivity contribution is 7.98. The number of aromatic nitrogens is 2. The number of hydrogen-bond acceptors (Lipinski definition) is 6. The molecule has 0 bridgehead atoms. The third-order valence-electron chi connectivity index (χ3n) is 2.92. The lowest BCUT2D eigenvalue weighted by Crippen LogP contribution is -2.22. The molecule has 0 aliphatic rings. The number of nitrogens with one attached hydrogen (secondary N) is 2. The summed E-state index contributed by atoms with van der Waals surface area (Å²) in [6.45, 7) is 0. The zero-order valence-corrected chi connectivity index (χ0v) is 13.1. The molecule has 0 saturated heterocycles. The number of hydrogen-bond donors (Lipinski definition) is 2. The molecule has 2 rings (SSSR count). The molecule has 0 atom stereocenters. The smallest absolute Gasteiger partial charge is 0.269 e. The van der Waals surface area contributed by atoms with Crippen molar-refractivity contribution < 1.29 is 9.72 Å². The summed E-state index contributed by atoms with van der Waals surface area (Å²) in [7, 11) is 1.51. The molecule has 23 heavy (non-hydrogen) atoms. The van der Waals surface area contributed by atoms with Crippen molar-refractivity contribution in [3.05, 3.63) is 62.1 Å². The number of benzene rings is 1. The summed E-state index contributed by atoms with van der Waals surface area (Å²) in [6.07, 6.45) is 0.0332. The van der Waals surface area contributed by atoms with Crippen LogP contribution < -0.4 is 10.9 Å². The second-order valence-corrected chi connectivity index (χ2v) is 5.57. The highest BCUT2D eigenvalue weighted by Crippen LogP contribution is 2.20. The van der Waals surface area contributed by atoms with Crippen molar-refractivity contribution in [2.24, 2.45) is 0 Å². The molecular weight excluding hydrogens is 320 g/mol. The fourth-order valence-electron chi connectivity index (χ4n) is 1.76. The van der Waals surface area contributed by atoms with Crippen molar-refractivity contribution in [3.63, 3.8) is 0 Å². The Hall–Kier alpha value is -2.68. The third kappa shape index (κ3) is 4.92. The van der Waals surface area contributed by atoms with Crippen LogP contribution in [0.15, 0.2) is 40.3 Å². The number of nitrogens with zero attached hydrogens (tertiary/aromatic N) is 2. The van der Waals surface area contributed by atoms with Crippen LogP contribution in [-0.2, 0) is 17.0 Å². The van der Waals surface area contributed by atoms with E-state index in [1.807, 2.05) is 0 Å². The number of nitro benzene ring substituents is 1. The van der Waals surface area contributed by atoms with E-state index in [0.717, 1.165) is 5.56 Å². The van der Waals surface area contributed by atoms with Crippen LogP contribution in [0.4, 0.5) is 5.69 Å². The Morgan fingerprint density at radius 2 is 2.09 bits per heavy atom. The normalized spacial score (nSPS) is 10.3. The van der Waals surface area contributed by atoms with E-state index < -0.39 is 4.92 Å². The first-order chi connectivity index (χ1) is 11.0. The number of nitro groups is 1. The molecule has 1 heterocycles. The quantitative estimate of drug-likeness (QED) is 0.355. The number of non-ortho nitro benzene ring substituents is 1. The van der Waals surface area contributed by atoms with E-state index in [-0.39, 0.29) is 23.6 Å². The van der Waals surface area contributed by atoms with Crippen LogP contribution >= 0.6 is 11.8 Å². The summed E-state index contributed by atoms with van der Waals surface area (Å²) in [5.74, 6) is 0.263. The predicted octanol–water partition coefficient (Wildman–Crippen LogP) is 1.26. The van der Waals surface area contributed by atoms with Crippen molar-refractivity contribution in [1.29, 1.82) is 0 Å². The number of rotatable bonds is 6. The van der Waals surface area contributed by atoms with Crippen molar-refractivity contribution in [2.75, 3.05) is 7.05 Å². The molecule has 0 fully saturated rings. The number of carbonyl (C=O) groups is 1. The molecule has 1 aromatic carbocycles. The number of aromatic amines is 1. The lowest BCUT2D eigenvalue weighted by atomic mass is 10.2. The number of carbonyl (C=O) groups excluding carboxylic acids is 1. The Kier molecular flexibility index (Phi) is 5.47. The van der Waals surface area contributed by atoms with E-state index in [0.29, 0.717) is 16.6 Å². The van der Waals surface area contributed by atoms with Gasteiger partial charge in [0.1, 0.15) is 0 Å². The maximum absolute atomic E-state index is 11.6. The van der Waals surface area contributed by atoms with Gasteiger partial charge in [-0.2, -0.15) is 0 Å². The largest absolute Gasteiger partial charge is 0.359 e. The Bertz CT molecular complexity index is 773. The Labute approximate surface area is 135 Å². The highest BCUT2D eigenvalue weighted by atomic mass is 32.2. The van der Waals surface area contributed by atoms with Crippen LogP contribution in [0.1, 0.15) is 11.3 Å². The van der Waals surface area contributed by atoms with Crippen molar-refractivity contribution in [2.45, 2.75) is 17.3 Å². The van der Waals surface area contributed by atoms with Crippen molar-refractivity contribution in [3.8, 4) is 0 Å². The molecule has 0 saturated carbocycles. The maximum Gasteiger partial charge on any atom is 0.269 e. The topological polar surface area (TPSA) is 118 Å². The van der Waals surface area contributed by atoms with Gasteiger partial charge < -0.3 is 10.3 Å². The minimum absolute atomic E-state index is 0.0258. The van der Waals surface area contributed by atoms with Gasteiger partial charge in [0, 0.05) is 31.0 Å². The van der Waals surface area contributed by atoms with E-state index in [2.05, 4.69) is 15.3 Å². The van der Waals surface area contributed by atoms with Crippen LogP contribution in [0.2, 0.25) is 0 Å². The van der Waals surface area contributed by atoms with Gasteiger partial charge in [0.25, 0.3) is 11.2 Å². The third-order valence-corrected chi connectivity index (χ3v) is 3.86. The van der Waals surface area contributed by atoms with E-state index in [4.69, 9.17) is 0 Å². The first-order valence-electron chi connectivity index (χ1n) is 6.65. The molecule has 0 unspecified atom stereocenters. The van der Waals surface area contributed by atoms with Gasteiger partial charge in [0.05, 0.1) is 17.0 Å². The molecule has 2 N–H and O–H groups in total. The van der Waals surface area contributed by atoms with E-state index in [1.54, 1.807) is 12.1 Å². The Morgan fingerprint density at radius 3 is 2.70 bits per heavy atom. The van der Waals surface area contributed by atoms with Gasteiger partial charge in [-0.05, 0) is 5.56 Å². The fourth-order valence-corrected chi connectivity index (χ4v) is 2.61. The number of likely N-dealkylation sites (N-methyl/N-ethyl adjacent to an activating group) is 1. The number of thioether (sulfide) groups is 1. The first-order valence-corrected chi connectivity index (χ1v) is 7.63. The molecule has 120 valence electrons. The van der Waals surface area contributed by atoms with Gasteiger partial charge in [-0.15, -0.1) is 0 Å². The van der Waals surface area contributed by atoms with Crippen molar-refractivity contribution >= 4 is 23.4 Å². The molecule has 0 aliphatic carbocycles. The van der Waals surface area contributed by atoms with E-state index in [1.165, 1.54) is 37.0 Å². The first kappa shape index (κ1) is 16.7. The fraction of sp³-hybridized carbons (Fsp3) is 0.214. The molecule has 8 nitrogen and oxygen atoms in total. The number of H-pyrrole nitrogens is 1. The van der Waals surface area contributed by atoms with Crippen molar-refractivity contribution in [1.82, 2.24) is 15.3 Å². The molecule has 1 amide bonds. The SMILES string of the molecule is CNC(=O)Cc1cc(=O)[nH]c(SCc2ccc([N+](=O)[O-])cc2)n1.